The van der Waals surface area contributed by atoms with E-state index in [-0.39, 0.29) is 30.9 Å². The zero-order chi connectivity index (χ0) is 14.8. The summed E-state index contributed by atoms with van der Waals surface area (Å²) in [5, 5.41) is 4.93. The van der Waals surface area contributed by atoms with Crippen molar-refractivity contribution in [1.29, 1.82) is 0 Å². The number of piperazine rings is 1. The van der Waals surface area contributed by atoms with Gasteiger partial charge in [-0.1, -0.05) is 47.6 Å². The Labute approximate surface area is 165 Å². The minimum Gasteiger partial charge on any atom is -0.314 e. The van der Waals surface area contributed by atoms with Crippen molar-refractivity contribution in [2.24, 2.45) is 5.92 Å². The van der Waals surface area contributed by atoms with Crippen LogP contribution >= 0.6 is 59.6 Å². The van der Waals surface area contributed by atoms with Crippen molar-refractivity contribution in [3.05, 3.63) is 27.0 Å². The summed E-state index contributed by atoms with van der Waals surface area (Å²) in [6.07, 6.45) is 6.69. The van der Waals surface area contributed by atoms with E-state index in [4.69, 9.17) is 34.8 Å². The van der Waals surface area contributed by atoms with Crippen LogP contribution in [0.15, 0.2) is 6.20 Å². The second kappa shape index (κ2) is 9.86. The van der Waals surface area contributed by atoms with Crippen molar-refractivity contribution in [3.63, 3.8) is 0 Å². The Hall–Kier alpha value is 0.520. The van der Waals surface area contributed by atoms with Crippen LogP contribution in [-0.4, -0.2) is 36.1 Å². The number of rotatable bonds is 3. The second-order valence-corrected chi connectivity index (χ2v) is 7.04. The predicted octanol–water partition coefficient (Wildman–Crippen LogP) is 5.02. The lowest BCUT2D eigenvalue weighted by atomic mass is 9.90. The minimum absolute atomic E-state index is 0. The van der Waals surface area contributed by atoms with E-state index in [1.165, 1.54) is 25.7 Å². The topological polar surface area (TPSA) is 28.2 Å². The Morgan fingerprint density at radius 2 is 1.70 bits per heavy atom. The molecule has 8 heteroatoms. The second-order valence-electron chi connectivity index (χ2n) is 5.90. The summed E-state index contributed by atoms with van der Waals surface area (Å²) in [5.41, 5.74) is 0.979. The molecule has 1 N–H and O–H groups in total. The molecule has 23 heavy (non-hydrogen) atoms. The number of nitrogens with zero attached hydrogens (tertiary/aromatic N) is 2. The van der Waals surface area contributed by atoms with E-state index >= 15 is 0 Å². The number of hydrogen-bond acceptors (Lipinski definition) is 3. The van der Waals surface area contributed by atoms with Crippen molar-refractivity contribution >= 4 is 59.6 Å². The van der Waals surface area contributed by atoms with Gasteiger partial charge in [0, 0.05) is 44.0 Å². The highest BCUT2D eigenvalue weighted by molar-refractivity contribution is 6.43. The molecule has 2 fully saturated rings. The quantitative estimate of drug-likeness (QED) is 0.695. The van der Waals surface area contributed by atoms with Crippen LogP contribution in [-0.2, 0) is 0 Å². The molecule has 2 heterocycles. The van der Waals surface area contributed by atoms with Crippen molar-refractivity contribution in [2.45, 2.75) is 31.7 Å². The SMILES string of the molecule is Cl.Cl.Clc1cnc(Cl)c(Cl)c1[C@@H](C1CCCC1)N1CCNCC1. The average molecular weight is 422 g/mol. The van der Waals surface area contributed by atoms with Crippen LogP contribution in [0.1, 0.15) is 37.3 Å². The monoisotopic (exact) mass is 419 g/mol. The molecule has 3 rings (SSSR count). The van der Waals surface area contributed by atoms with Gasteiger partial charge in [-0.3, -0.25) is 4.90 Å². The molecular formula is C15H22Cl5N3. The van der Waals surface area contributed by atoms with Crippen molar-refractivity contribution in [1.82, 2.24) is 15.2 Å². The maximum atomic E-state index is 6.47. The summed E-state index contributed by atoms with van der Waals surface area (Å²) in [6.45, 7) is 4.07. The summed E-state index contributed by atoms with van der Waals surface area (Å²) < 4.78 is 0. The number of halogens is 5. The Bertz CT molecular complexity index is 502. The van der Waals surface area contributed by atoms with Gasteiger partial charge in [-0.2, -0.15) is 0 Å². The van der Waals surface area contributed by atoms with Crippen LogP contribution in [0.3, 0.4) is 0 Å². The highest BCUT2D eigenvalue weighted by Crippen LogP contribution is 2.45. The molecule has 0 amide bonds. The van der Waals surface area contributed by atoms with Gasteiger partial charge in [0.15, 0.2) is 0 Å². The highest BCUT2D eigenvalue weighted by atomic mass is 35.5. The van der Waals surface area contributed by atoms with Crippen LogP contribution in [0.5, 0.6) is 0 Å². The van der Waals surface area contributed by atoms with Gasteiger partial charge in [0.05, 0.1) is 10.0 Å². The first-order valence-electron chi connectivity index (χ1n) is 7.62. The molecule has 1 aliphatic carbocycles. The molecule has 3 nitrogen and oxygen atoms in total. The normalized spacial score (nSPS) is 20.7. The lowest BCUT2D eigenvalue weighted by Gasteiger charge is -2.39. The molecule has 2 aliphatic rings. The van der Waals surface area contributed by atoms with Crippen LogP contribution < -0.4 is 5.32 Å². The molecule has 1 aromatic rings. The number of aromatic nitrogens is 1. The highest BCUT2D eigenvalue weighted by Gasteiger charge is 2.35. The predicted molar refractivity (Wildman–Crippen MR) is 103 cm³/mol. The van der Waals surface area contributed by atoms with Crippen LogP contribution in [0, 0.1) is 5.92 Å². The summed E-state index contributed by atoms with van der Waals surface area (Å²) in [5.74, 6) is 0.608. The maximum absolute atomic E-state index is 6.47. The van der Waals surface area contributed by atoms with Gasteiger partial charge in [-0.25, -0.2) is 4.98 Å². The lowest BCUT2D eigenvalue weighted by Crippen LogP contribution is -2.46. The molecule has 1 saturated carbocycles. The average Bonchev–Trinajstić information content (AvgIpc) is 3.02. The van der Waals surface area contributed by atoms with Gasteiger partial charge in [0.25, 0.3) is 0 Å². The Kier molecular flexibility index (Phi) is 9.25. The van der Waals surface area contributed by atoms with Crippen molar-refractivity contribution in [2.75, 3.05) is 26.2 Å². The van der Waals surface area contributed by atoms with Gasteiger partial charge >= 0.3 is 0 Å². The molecule has 0 aromatic carbocycles. The Balaban J connectivity index is 0.00000132. The molecule has 0 bridgehead atoms. The fourth-order valence-corrected chi connectivity index (χ4v) is 4.39. The molecular weight excluding hydrogens is 399 g/mol. The zero-order valence-corrected chi connectivity index (χ0v) is 16.6. The molecule has 1 aliphatic heterocycles. The fraction of sp³-hybridized carbons (Fsp3) is 0.667. The van der Waals surface area contributed by atoms with Gasteiger partial charge in [-0.15, -0.1) is 24.8 Å². The first-order chi connectivity index (χ1) is 10.2. The standard InChI is InChI=1S/C15H20Cl3N3.2ClH/c16-11-9-20-15(18)13(17)12(11)14(10-3-1-2-4-10)21-7-5-19-6-8-21;;/h9-10,14,19H,1-8H2;2*1H/t14-;;/m1../s1. The largest absolute Gasteiger partial charge is 0.314 e. The lowest BCUT2D eigenvalue weighted by molar-refractivity contribution is 0.125. The molecule has 0 radical (unpaired) electrons. The molecule has 132 valence electrons. The fourth-order valence-electron chi connectivity index (χ4n) is 3.68. The van der Waals surface area contributed by atoms with E-state index in [0.717, 1.165) is 31.7 Å². The molecule has 1 atom stereocenters. The van der Waals surface area contributed by atoms with Gasteiger partial charge < -0.3 is 5.32 Å². The van der Waals surface area contributed by atoms with Gasteiger partial charge in [0.1, 0.15) is 5.15 Å². The van der Waals surface area contributed by atoms with E-state index in [0.29, 0.717) is 21.1 Å². The Morgan fingerprint density at radius 1 is 1.09 bits per heavy atom. The maximum Gasteiger partial charge on any atom is 0.148 e. The summed E-state index contributed by atoms with van der Waals surface area (Å²) >= 11 is 19.1. The first-order valence-corrected chi connectivity index (χ1v) is 8.76. The van der Waals surface area contributed by atoms with E-state index in [2.05, 4.69) is 15.2 Å². The summed E-state index contributed by atoms with van der Waals surface area (Å²) in [4.78, 5) is 6.57. The smallest absolute Gasteiger partial charge is 0.148 e. The van der Waals surface area contributed by atoms with Crippen LogP contribution in [0.25, 0.3) is 0 Å². The summed E-state index contributed by atoms with van der Waals surface area (Å²) in [7, 11) is 0. The van der Waals surface area contributed by atoms with Gasteiger partial charge in [-0.05, 0) is 18.8 Å². The number of pyridine rings is 1. The van der Waals surface area contributed by atoms with Crippen LogP contribution in [0.4, 0.5) is 0 Å². The first kappa shape index (κ1) is 21.6. The summed E-state index contributed by atoms with van der Waals surface area (Å²) in [6, 6.07) is 0.259. The van der Waals surface area contributed by atoms with E-state index in [1.807, 2.05) is 0 Å². The third-order valence-electron chi connectivity index (χ3n) is 4.65. The molecule has 0 unspecified atom stereocenters. The van der Waals surface area contributed by atoms with E-state index < -0.39 is 0 Å². The van der Waals surface area contributed by atoms with Crippen molar-refractivity contribution < 1.29 is 0 Å². The molecule has 1 aromatic heterocycles. The van der Waals surface area contributed by atoms with E-state index in [1.54, 1.807) is 6.20 Å². The Morgan fingerprint density at radius 3 is 2.30 bits per heavy atom. The molecule has 1 saturated heterocycles. The van der Waals surface area contributed by atoms with E-state index in [9.17, 15) is 0 Å². The molecule has 0 spiro atoms. The van der Waals surface area contributed by atoms with Gasteiger partial charge in [0.2, 0.25) is 0 Å². The minimum atomic E-state index is 0. The zero-order valence-electron chi connectivity index (χ0n) is 12.7. The number of hydrogen-bond donors (Lipinski definition) is 1. The van der Waals surface area contributed by atoms with Crippen molar-refractivity contribution in [3.8, 4) is 0 Å². The third-order valence-corrected chi connectivity index (χ3v) is 5.72. The third kappa shape index (κ3) is 4.78. The van der Waals surface area contributed by atoms with Crippen LogP contribution in [0.2, 0.25) is 15.2 Å². The number of nitrogens with one attached hydrogen (secondary N) is 1.